The van der Waals surface area contributed by atoms with Crippen molar-refractivity contribution < 1.29 is 9.53 Å². The molecule has 1 unspecified atom stereocenters. The van der Waals surface area contributed by atoms with Crippen molar-refractivity contribution in [3.05, 3.63) is 47.7 Å². The van der Waals surface area contributed by atoms with E-state index in [2.05, 4.69) is 22.8 Å². The molecule has 0 radical (unpaired) electrons. The van der Waals surface area contributed by atoms with Crippen LogP contribution in [0.5, 0.6) is 0 Å². The van der Waals surface area contributed by atoms with Crippen LogP contribution in [0.1, 0.15) is 30.6 Å². The number of carbonyl (C=O) groups is 1. The van der Waals surface area contributed by atoms with Gasteiger partial charge in [0.2, 0.25) is 0 Å². The largest absolute Gasteiger partial charge is 0.466 e. The topological polar surface area (TPSA) is 50.4 Å². The molecular formula is C15H20N2O2. The van der Waals surface area contributed by atoms with Crippen LogP contribution in [-0.2, 0) is 16.0 Å². The van der Waals surface area contributed by atoms with E-state index in [0.717, 1.165) is 18.5 Å². The van der Waals surface area contributed by atoms with Gasteiger partial charge in [-0.25, -0.2) is 0 Å². The summed E-state index contributed by atoms with van der Waals surface area (Å²) < 4.78 is 4.94. The van der Waals surface area contributed by atoms with Gasteiger partial charge in [0.1, 0.15) is 6.17 Å². The van der Waals surface area contributed by atoms with E-state index >= 15 is 0 Å². The molecule has 1 aromatic carbocycles. The highest BCUT2D eigenvalue weighted by Crippen LogP contribution is 2.15. The fourth-order valence-electron chi connectivity index (χ4n) is 2.09. The molecule has 0 aromatic heterocycles. The highest BCUT2D eigenvalue weighted by molar-refractivity contribution is 5.69. The van der Waals surface area contributed by atoms with Crippen LogP contribution in [0.2, 0.25) is 0 Å². The quantitative estimate of drug-likeness (QED) is 0.794. The molecule has 0 amide bonds. The number of esters is 1. The summed E-state index contributed by atoms with van der Waals surface area (Å²) in [6.07, 6.45) is 5.30. The second-order valence-corrected chi connectivity index (χ2v) is 4.46. The van der Waals surface area contributed by atoms with Crippen molar-refractivity contribution in [1.82, 2.24) is 10.6 Å². The number of rotatable bonds is 5. The second-order valence-electron chi connectivity index (χ2n) is 4.46. The maximum absolute atomic E-state index is 11.3. The first-order valence-corrected chi connectivity index (χ1v) is 6.68. The average Bonchev–Trinajstić information content (AvgIpc) is 2.47. The molecule has 19 heavy (non-hydrogen) atoms. The number of benzene rings is 1. The van der Waals surface area contributed by atoms with Gasteiger partial charge in [0.05, 0.1) is 6.61 Å². The van der Waals surface area contributed by atoms with Crippen LogP contribution >= 0.6 is 0 Å². The summed E-state index contributed by atoms with van der Waals surface area (Å²) >= 11 is 0. The van der Waals surface area contributed by atoms with E-state index in [4.69, 9.17) is 4.74 Å². The molecule has 0 fully saturated rings. The van der Waals surface area contributed by atoms with Crippen molar-refractivity contribution in [2.75, 3.05) is 13.2 Å². The van der Waals surface area contributed by atoms with Crippen LogP contribution in [0, 0.1) is 0 Å². The van der Waals surface area contributed by atoms with E-state index in [1.54, 1.807) is 0 Å². The number of nitrogens with one attached hydrogen (secondary N) is 2. The van der Waals surface area contributed by atoms with Gasteiger partial charge in [-0.3, -0.25) is 10.1 Å². The summed E-state index contributed by atoms with van der Waals surface area (Å²) in [5.74, 6) is -0.134. The highest BCUT2D eigenvalue weighted by atomic mass is 16.5. The summed E-state index contributed by atoms with van der Waals surface area (Å²) in [4.78, 5) is 11.3. The molecule has 0 aliphatic carbocycles. The first-order chi connectivity index (χ1) is 9.29. The number of hydrogen-bond acceptors (Lipinski definition) is 4. The zero-order chi connectivity index (χ0) is 13.5. The fourth-order valence-corrected chi connectivity index (χ4v) is 2.09. The van der Waals surface area contributed by atoms with Gasteiger partial charge in [0, 0.05) is 13.0 Å². The van der Waals surface area contributed by atoms with Gasteiger partial charge >= 0.3 is 5.97 Å². The molecule has 1 aliphatic rings. The predicted molar refractivity (Wildman–Crippen MR) is 74.4 cm³/mol. The number of aryl methyl sites for hydroxylation is 1. The Labute approximate surface area is 113 Å². The Morgan fingerprint density at radius 2 is 2.37 bits per heavy atom. The van der Waals surface area contributed by atoms with Crippen LogP contribution in [0.4, 0.5) is 0 Å². The van der Waals surface area contributed by atoms with Gasteiger partial charge in [-0.1, -0.05) is 30.3 Å². The molecule has 0 saturated carbocycles. The fraction of sp³-hybridized carbons (Fsp3) is 0.400. The maximum Gasteiger partial charge on any atom is 0.306 e. The van der Waals surface area contributed by atoms with Crippen LogP contribution in [0.15, 0.2) is 36.5 Å². The molecule has 0 bridgehead atoms. The van der Waals surface area contributed by atoms with Crippen molar-refractivity contribution in [3.8, 4) is 0 Å². The molecule has 1 aromatic rings. The normalized spacial score (nSPS) is 17.8. The molecule has 1 aliphatic heterocycles. The van der Waals surface area contributed by atoms with Gasteiger partial charge in [0.25, 0.3) is 0 Å². The smallest absolute Gasteiger partial charge is 0.306 e. The number of ether oxygens (including phenoxy) is 1. The van der Waals surface area contributed by atoms with Gasteiger partial charge in [-0.05, 0) is 30.7 Å². The predicted octanol–water partition coefficient (Wildman–Crippen LogP) is 1.89. The molecule has 0 spiro atoms. The van der Waals surface area contributed by atoms with E-state index in [0.29, 0.717) is 13.0 Å². The lowest BCUT2D eigenvalue weighted by molar-refractivity contribution is -0.143. The number of carbonyl (C=O) groups excluding carboxylic acids is 1. The number of hydrogen-bond donors (Lipinski definition) is 2. The molecule has 2 rings (SSSR count). The van der Waals surface area contributed by atoms with Crippen molar-refractivity contribution in [2.45, 2.75) is 25.9 Å². The van der Waals surface area contributed by atoms with Gasteiger partial charge in [-0.15, -0.1) is 0 Å². The minimum atomic E-state index is -0.134. The third-order valence-electron chi connectivity index (χ3n) is 3.03. The molecule has 1 heterocycles. The molecular weight excluding hydrogens is 240 g/mol. The Morgan fingerprint density at radius 3 is 3.11 bits per heavy atom. The molecule has 4 heteroatoms. The molecule has 1 atom stereocenters. The second kappa shape index (κ2) is 6.95. The van der Waals surface area contributed by atoms with E-state index in [9.17, 15) is 4.79 Å². The third kappa shape index (κ3) is 4.10. The monoisotopic (exact) mass is 260 g/mol. The lowest BCUT2D eigenvalue weighted by atomic mass is 10.0. The summed E-state index contributed by atoms with van der Waals surface area (Å²) in [7, 11) is 0. The van der Waals surface area contributed by atoms with Crippen molar-refractivity contribution >= 4 is 5.97 Å². The van der Waals surface area contributed by atoms with Gasteiger partial charge < -0.3 is 10.1 Å². The Bertz CT molecular complexity index is 457. The average molecular weight is 260 g/mol. The summed E-state index contributed by atoms with van der Waals surface area (Å²) in [5, 5.41) is 6.62. The third-order valence-corrected chi connectivity index (χ3v) is 3.03. The standard InChI is InChI=1S/C15H20N2O2/c1-2-19-14(18)8-7-12-5-3-6-13(11-12)15-16-9-4-10-17-15/h3-6,9,11,15-17H,2,7-8,10H2,1H3. The van der Waals surface area contributed by atoms with E-state index in [1.165, 1.54) is 5.56 Å². The van der Waals surface area contributed by atoms with Crippen LogP contribution in [0.25, 0.3) is 0 Å². The van der Waals surface area contributed by atoms with Gasteiger partial charge in [0.15, 0.2) is 0 Å². The molecule has 102 valence electrons. The van der Waals surface area contributed by atoms with E-state index in [1.807, 2.05) is 31.3 Å². The summed E-state index contributed by atoms with van der Waals surface area (Å²) in [6.45, 7) is 3.14. The maximum atomic E-state index is 11.3. The van der Waals surface area contributed by atoms with Crippen molar-refractivity contribution in [1.29, 1.82) is 0 Å². The molecule has 2 N–H and O–H groups in total. The molecule has 0 saturated heterocycles. The first kappa shape index (κ1) is 13.6. The summed E-state index contributed by atoms with van der Waals surface area (Å²) in [6, 6.07) is 8.28. The Kier molecular flexibility index (Phi) is 4.98. The van der Waals surface area contributed by atoms with Crippen molar-refractivity contribution in [2.24, 2.45) is 0 Å². The van der Waals surface area contributed by atoms with E-state index in [-0.39, 0.29) is 12.1 Å². The first-order valence-electron chi connectivity index (χ1n) is 6.68. The Hall–Kier alpha value is -1.81. The van der Waals surface area contributed by atoms with Crippen LogP contribution in [0.3, 0.4) is 0 Å². The highest BCUT2D eigenvalue weighted by Gasteiger charge is 2.11. The van der Waals surface area contributed by atoms with Crippen LogP contribution in [-0.4, -0.2) is 19.1 Å². The minimum Gasteiger partial charge on any atom is -0.466 e. The molecule has 4 nitrogen and oxygen atoms in total. The summed E-state index contributed by atoms with van der Waals surface area (Å²) in [5.41, 5.74) is 2.34. The zero-order valence-corrected chi connectivity index (χ0v) is 11.2. The SMILES string of the molecule is CCOC(=O)CCc1cccc(C2NC=CCN2)c1. The Morgan fingerprint density at radius 1 is 1.47 bits per heavy atom. The lowest BCUT2D eigenvalue weighted by Gasteiger charge is -2.22. The van der Waals surface area contributed by atoms with Gasteiger partial charge in [-0.2, -0.15) is 0 Å². The Balaban J connectivity index is 1.95. The minimum absolute atomic E-state index is 0.134. The lowest BCUT2D eigenvalue weighted by Crippen LogP contribution is -2.34. The van der Waals surface area contributed by atoms with E-state index < -0.39 is 0 Å². The van der Waals surface area contributed by atoms with Crippen LogP contribution < -0.4 is 10.6 Å². The van der Waals surface area contributed by atoms with Crippen molar-refractivity contribution in [3.63, 3.8) is 0 Å². The zero-order valence-electron chi connectivity index (χ0n) is 11.2.